The van der Waals surface area contributed by atoms with Crippen LogP contribution in [0.3, 0.4) is 0 Å². The summed E-state index contributed by atoms with van der Waals surface area (Å²) in [5, 5.41) is 9.85. The largest absolute Gasteiger partial charge is 0.309 e. The first-order valence-electron chi connectivity index (χ1n) is 20.4. The quantitative estimate of drug-likeness (QED) is 0.180. The van der Waals surface area contributed by atoms with E-state index < -0.39 is 0 Å². The molecule has 0 amide bonds. The first-order valence-corrected chi connectivity index (χ1v) is 20.4. The number of fused-ring (bicyclic) bond motifs is 14. The summed E-state index contributed by atoms with van der Waals surface area (Å²) < 4.78 is 4.80. The fourth-order valence-electron chi connectivity index (χ4n) is 10.4. The van der Waals surface area contributed by atoms with Crippen LogP contribution < -0.4 is 0 Å². The zero-order valence-corrected chi connectivity index (χ0v) is 32.6. The summed E-state index contributed by atoms with van der Waals surface area (Å²) in [6.45, 7) is 4.67. The van der Waals surface area contributed by atoms with Gasteiger partial charge in [0.05, 0.1) is 33.1 Å². The smallest absolute Gasteiger partial charge is 0.165 e. The van der Waals surface area contributed by atoms with Gasteiger partial charge in [-0.2, -0.15) is 0 Å². The maximum Gasteiger partial charge on any atom is 0.165 e. The van der Waals surface area contributed by atoms with Crippen molar-refractivity contribution in [2.45, 2.75) is 19.3 Å². The van der Waals surface area contributed by atoms with Crippen LogP contribution in [-0.4, -0.2) is 19.1 Å². The van der Waals surface area contributed by atoms with Crippen LogP contribution in [-0.2, 0) is 5.41 Å². The standard InChI is InChI=1S/C55H36N4/c1-55(2)43-19-9-7-17-39(43)40-27-23-35(31-44(40)55)53-54(57-46-21-11-10-20-45(46)56-53)59-48-30-26-36(32-42(48)52-38-16-6-4-14-34(38)25-29-50(52)59)58-47-22-12-8-18-41(47)51-37-15-5-3-13-33(37)24-28-49(51)58/h3-32H,1-2H3. The molecule has 0 fully saturated rings. The molecule has 0 spiro atoms. The average Bonchev–Trinajstić information content (AvgIpc) is 3.89. The second-order valence-electron chi connectivity index (χ2n) is 16.6. The van der Waals surface area contributed by atoms with Gasteiger partial charge in [0.2, 0.25) is 0 Å². The second-order valence-corrected chi connectivity index (χ2v) is 16.6. The predicted molar refractivity (Wildman–Crippen MR) is 246 cm³/mol. The van der Waals surface area contributed by atoms with Crippen LogP contribution >= 0.6 is 0 Å². The number of rotatable bonds is 3. The molecule has 13 rings (SSSR count). The average molecular weight is 753 g/mol. The van der Waals surface area contributed by atoms with Crippen molar-refractivity contribution in [1.82, 2.24) is 19.1 Å². The SMILES string of the molecule is CC1(C)c2ccccc2-c2ccc(-c3nc4ccccc4nc3-n3c4ccc(-n5c6ccccc6c6c7ccccc7ccc65)cc4c4c5ccccc5ccc43)cc21. The maximum atomic E-state index is 5.52. The van der Waals surface area contributed by atoms with E-state index in [4.69, 9.17) is 9.97 Å². The molecule has 1 aliphatic carbocycles. The molecular weight excluding hydrogens is 717 g/mol. The minimum absolute atomic E-state index is 0.145. The Morgan fingerprint density at radius 1 is 0.407 bits per heavy atom. The summed E-state index contributed by atoms with van der Waals surface area (Å²) in [6, 6.07) is 66.3. The highest BCUT2D eigenvalue weighted by atomic mass is 15.1. The molecule has 4 heteroatoms. The number of aromatic nitrogens is 4. The number of hydrogen-bond donors (Lipinski definition) is 0. The molecule has 0 atom stereocenters. The van der Waals surface area contributed by atoms with E-state index in [9.17, 15) is 0 Å². The molecule has 0 N–H and O–H groups in total. The number of hydrogen-bond acceptors (Lipinski definition) is 2. The molecule has 0 radical (unpaired) electrons. The Kier molecular flexibility index (Phi) is 6.48. The van der Waals surface area contributed by atoms with Crippen LogP contribution in [0.1, 0.15) is 25.0 Å². The van der Waals surface area contributed by atoms with Gasteiger partial charge in [-0.15, -0.1) is 0 Å². The molecule has 0 saturated carbocycles. The van der Waals surface area contributed by atoms with Crippen molar-refractivity contribution >= 4 is 76.2 Å². The van der Waals surface area contributed by atoms with Crippen molar-refractivity contribution in [3.63, 3.8) is 0 Å². The van der Waals surface area contributed by atoms with Gasteiger partial charge in [-0.3, -0.25) is 4.57 Å². The Labute approximate surface area is 340 Å². The van der Waals surface area contributed by atoms with Crippen molar-refractivity contribution in [2.75, 3.05) is 0 Å². The van der Waals surface area contributed by atoms with E-state index in [0.29, 0.717) is 0 Å². The molecule has 0 bridgehead atoms. The molecule has 0 aliphatic heterocycles. The molecule has 4 nitrogen and oxygen atoms in total. The van der Waals surface area contributed by atoms with Crippen molar-refractivity contribution < 1.29 is 0 Å². The zero-order valence-electron chi connectivity index (χ0n) is 32.6. The van der Waals surface area contributed by atoms with Gasteiger partial charge in [-0.05, 0) is 98.4 Å². The third-order valence-corrected chi connectivity index (χ3v) is 13.1. The molecule has 0 saturated heterocycles. The normalized spacial score (nSPS) is 13.4. The van der Waals surface area contributed by atoms with Gasteiger partial charge < -0.3 is 4.57 Å². The summed E-state index contributed by atoms with van der Waals surface area (Å²) in [5.41, 5.74) is 14.5. The Morgan fingerprint density at radius 2 is 0.983 bits per heavy atom. The van der Waals surface area contributed by atoms with Crippen molar-refractivity contribution in [3.8, 4) is 33.9 Å². The summed E-state index contributed by atoms with van der Waals surface area (Å²) in [6.07, 6.45) is 0. The minimum Gasteiger partial charge on any atom is -0.309 e. The molecule has 0 unspecified atom stereocenters. The lowest BCUT2D eigenvalue weighted by molar-refractivity contribution is 0.660. The van der Waals surface area contributed by atoms with E-state index in [1.165, 1.54) is 76.4 Å². The summed E-state index contributed by atoms with van der Waals surface area (Å²) >= 11 is 0. The Hall–Kier alpha value is -7.56. The van der Waals surface area contributed by atoms with Crippen LogP contribution in [0.5, 0.6) is 0 Å². The predicted octanol–water partition coefficient (Wildman–Crippen LogP) is 14.1. The fraction of sp³-hybridized carbons (Fsp3) is 0.0545. The Balaban J connectivity index is 1.12. The van der Waals surface area contributed by atoms with E-state index in [2.05, 4.69) is 205 Å². The fourth-order valence-corrected chi connectivity index (χ4v) is 10.4. The first-order chi connectivity index (χ1) is 29.0. The summed E-state index contributed by atoms with van der Waals surface area (Å²) in [5.74, 6) is 0.823. The lowest BCUT2D eigenvalue weighted by Gasteiger charge is -2.22. The van der Waals surface area contributed by atoms with Gasteiger partial charge in [0.1, 0.15) is 5.69 Å². The maximum absolute atomic E-state index is 5.52. The van der Waals surface area contributed by atoms with Crippen LogP contribution in [0.25, 0.3) is 110 Å². The van der Waals surface area contributed by atoms with Gasteiger partial charge in [-0.25, -0.2) is 9.97 Å². The Morgan fingerprint density at radius 3 is 1.76 bits per heavy atom. The third-order valence-electron chi connectivity index (χ3n) is 13.1. The van der Waals surface area contributed by atoms with Gasteiger partial charge in [-0.1, -0.05) is 141 Å². The molecule has 9 aromatic carbocycles. The van der Waals surface area contributed by atoms with E-state index >= 15 is 0 Å². The highest BCUT2D eigenvalue weighted by Crippen LogP contribution is 2.50. The van der Waals surface area contributed by atoms with Crippen LogP contribution in [0.2, 0.25) is 0 Å². The number of nitrogens with zero attached hydrogens (tertiary/aromatic N) is 4. The number of para-hydroxylation sites is 3. The third kappa shape index (κ3) is 4.43. The molecule has 1 aliphatic rings. The second kappa shape index (κ2) is 11.7. The minimum atomic E-state index is -0.145. The molecule has 276 valence electrons. The number of benzene rings is 9. The van der Waals surface area contributed by atoms with Gasteiger partial charge in [0, 0.05) is 38.2 Å². The first kappa shape index (κ1) is 32.5. The van der Waals surface area contributed by atoms with Crippen LogP contribution in [0, 0.1) is 0 Å². The van der Waals surface area contributed by atoms with Crippen LogP contribution in [0.4, 0.5) is 0 Å². The van der Waals surface area contributed by atoms with Crippen molar-refractivity contribution in [2.24, 2.45) is 0 Å². The topological polar surface area (TPSA) is 35.6 Å². The monoisotopic (exact) mass is 752 g/mol. The molecule has 12 aromatic rings. The Bertz CT molecular complexity index is 3770. The lowest BCUT2D eigenvalue weighted by atomic mass is 9.82. The van der Waals surface area contributed by atoms with Gasteiger partial charge in [0.15, 0.2) is 5.82 Å². The van der Waals surface area contributed by atoms with E-state index in [1.54, 1.807) is 0 Å². The molecule has 59 heavy (non-hydrogen) atoms. The van der Waals surface area contributed by atoms with Crippen molar-refractivity contribution in [3.05, 3.63) is 193 Å². The molecular formula is C55H36N4. The summed E-state index contributed by atoms with van der Waals surface area (Å²) in [7, 11) is 0. The highest BCUT2D eigenvalue weighted by molar-refractivity contribution is 6.23. The van der Waals surface area contributed by atoms with Crippen LogP contribution in [0.15, 0.2) is 182 Å². The van der Waals surface area contributed by atoms with E-state index in [-0.39, 0.29) is 5.41 Å². The van der Waals surface area contributed by atoms with Crippen molar-refractivity contribution in [1.29, 1.82) is 0 Å². The molecule has 3 heterocycles. The zero-order chi connectivity index (χ0) is 39.0. The van der Waals surface area contributed by atoms with Gasteiger partial charge in [0.25, 0.3) is 0 Å². The highest BCUT2D eigenvalue weighted by Gasteiger charge is 2.35. The van der Waals surface area contributed by atoms with E-state index in [1.807, 2.05) is 0 Å². The summed E-state index contributed by atoms with van der Waals surface area (Å²) in [4.78, 5) is 11.0. The molecule has 3 aromatic heterocycles. The van der Waals surface area contributed by atoms with E-state index in [0.717, 1.165) is 44.8 Å². The lowest BCUT2D eigenvalue weighted by Crippen LogP contribution is -2.15. The van der Waals surface area contributed by atoms with Gasteiger partial charge >= 0.3 is 0 Å².